The van der Waals surface area contributed by atoms with Gasteiger partial charge in [-0.25, -0.2) is 4.98 Å². The number of rotatable bonds is 3. The second-order valence-corrected chi connectivity index (χ2v) is 6.10. The summed E-state index contributed by atoms with van der Waals surface area (Å²) in [5.74, 6) is 0.584. The molecule has 3 nitrogen and oxygen atoms in total. The first-order valence-electron chi connectivity index (χ1n) is 6.14. The van der Waals surface area contributed by atoms with Gasteiger partial charge in [-0.05, 0) is 31.5 Å². The monoisotopic (exact) mass is 282 g/mol. The molecule has 2 atom stereocenters. The highest BCUT2D eigenvalue weighted by molar-refractivity contribution is 7.22. The van der Waals surface area contributed by atoms with Crippen molar-refractivity contribution in [2.24, 2.45) is 5.92 Å². The third-order valence-corrected chi connectivity index (χ3v) is 4.61. The van der Waals surface area contributed by atoms with Gasteiger partial charge in [0.05, 0.1) is 16.3 Å². The lowest BCUT2D eigenvalue weighted by Gasteiger charge is -2.13. The van der Waals surface area contributed by atoms with E-state index in [0.717, 1.165) is 39.9 Å². The second kappa shape index (κ2) is 5.03. The Morgan fingerprint density at radius 3 is 3.22 bits per heavy atom. The Labute approximate surface area is 115 Å². The zero-order valence-electron chi connectivity index (χ0n) is 10.1. The summed E-state index contributed by atoms with van der Waals surface area (Å²) in [7, 11) is 0. The van der Waals surface area contributed by atoms with E-state index in [4.69, 9.17) is 16.3 Å². The maximum absolute atomic E-state index is 5.97. The van der Waals surface area contributed by atoms with Gasteiger partial charge in [0.2, 0.25) is 0 Å². The van der Waals surface area contributed by atoms with Crippen molar-refractivity contribution in [2.45, 2.75) is 19.4 Å². The first-order valence-corrected chi connectivity index (χ1v) is 7.33. The Bertz CT molecular complexity index is 557. The Hall–Kier alpha value is -0.840. The molecule has 2 unspecified atom stereocenters. The number of fused-ring (bicyclic) bond motifs is 1. The minimum absolute atomic E-state index is 0.348. The van der Waals surface area contributed by atoms with Crippen LogP contribution in [-0.4, -0.2) is 24.2 Å². The Balaban J connectivity index is 1.71. The quantitative estimate of drug-likeness (QED) is 0.930. The number of thiazole rings is 1. The maximum Gasteiger partial charge on any atom is 0.183 e. The normalized spacial score (nSPS) is 23.7. The lowest BCUT2D eigenvalue weighted by Crippen LogP contribution is -2.20. The van der Waals surface area contributed by atoms with E-state index in [2.05, 4.69) is 17.2 Å². The fourth-order valence-corrected chi connectivity index (χ4v) is 3.39. The molecular formula is C13H15ClN2OS. The predicted octanol–water partition coefficient (Wildman–Crippen LogP) is 3.79. The van der Waals surface area contributed by atoms with E-state index in [-0.39, 0.29) is 0 Å². The summed E-state index contributed by atoms with van der Waals surface area (Å²) < 4.78 is 6.68. The van der Waals surface area contributed by atoms with Gasteiger partial charge in [0.15, 0.2) is 5.13 Å². The molecule has 0 spiro atoms. The molecule has 1 N–H and O–H groups in total. The zero-order chi connectivity index (χ0) is 12.5. The Kier molecular flexibility index (Phi) is 3.41. The van der Waals surface area contributed by atoms with E-state index in [0.29, 0.717) is 12.0 Å². The molecule has 1 aromatic heterocycles. The highest BCUT2D eigenvalue weighted by Gasteiger charge is 2.23. The van der Waals surface area contributed by atoms with E-state index in [1.54, 1.807) is 11.3 Å². The van der Waals surface area contributed by atoms with E-state index in [9.17, 15) is 0 Å². The molecule has 18 heavy (non-hydrogen) atoms. The van der Waals surface area contributed by atoms with Crippen molar-refractivity contribution in [3.8, 4) is 0 Å². The van der Waals surface area contributed by atoms with Gasteiger partial charge in [0, 0.05) is 24.1 Å². The average molecular weight is 283 g/mol. The van der Waals surface area contributed by atoms with Gasteiger partial charge in [-0.3, -0.25) is 0 Å². The van der Waals surface area contributed by atoms with Gasteiger partial charge in [-0.2, -0.15) is 0 Å². The van der Waals surface area contributed by atoms with Crippen LogP contribution >= 0.6 is 22.9 Å². The van der Waals surface area contributed by atoms with Crippen LogP contribution in [0.25, 0.3) is 10.2 Å². The van der Waals surface area contributed by atoms with Crippen LogP contribution in [0.5, 0.6) is 0 Å². The maximum atomic E-state index is 5.97. The van der Waals surface area contributed by atoms with Crippen molar-refractivity contribution in [3.05, 3.63) is 23.2 Å². The van der Waals surface area contributed by atoms with Crippen LogP contribution in [0.1, 0.15) is 13.3 Å². The number of nitrogens with one attached hydrogen (secondary N) is 1. The summed E-state index contributed by atoms with van der Waals surface area (Å²) in [4.78, 5) is 4.55. The summed E-state index contributed by atoms with van der Waals surface area (Å²) in [6, 6.07) is 5.79. The van der Waals surface area contributed by atoms with Gasteiger partial charge < -0.3 is 10.1 Å². The van der Waals surface area contributed by atoms with E-state index >= 15 is 0 Å². The highest BCUT2D eigenvalue weighted by atomic mass is 35.5. The number of hydrogen-bond acceptors (Lipinski definition) is 4. The van der Waals surface area contributed by atoms with Crippen molar-refractivity contribution < 1.29 is 4.74 Å². The molecule has 1 aromatic carbocycles. The summed E-state index contributed by atoms with van der Waals surface area (Å²) in [6.07, 6.45) is 1.48. The van der Waals surface area contributed by atoms with Gasteiger partial charge >= 0.3 is 0 Å². The first kappa shape index (κ1) is 12.2. The van der Waals surface area contributed by atoms with Crippen LogP contribution in [0, 0.1) is 5.92 Å². The fraction of sp³-hybridized carbons (Fsp3) is 0.462. The molecule has 2 aromatic rings. The van der Waals surface area contributed by atoms with E-state index in [1.165, 1.54) is 0 Å². The van der Waals surface area contributed by atoms with Crippen LogP contribution < -0.4 is 5.32 Å². The fourth-order valence-electron chi connectivity index (χ4n) is 2.24. The van der Waals surface area contributed by atoms with Crippen molar-refractivity contribution in [3.63, 3.8) is 0 Å². The number of nitrogens with zero attached hydrogens (tertiary/aromatic N) is 1. The average Bonchev–Trinajstić information content (AvgIpc) is 2.92. The number of benzene rings is 1. The third kappa shape index (κ3) is 2.46. The highest BCUT2D eigenvalue weighted by Crippen LogP contribution is 2.29. The smallest absolute Gasteiger partial charge is 0.183 e. The molecule has 0 radical (unpaired) electrons. The number of aromatic nitrogens is 1. The molecule has 1 aliphatic heterocycles. The number of anilines is 1. The molecule has 1 aliphatic rings. The van der Waals surface area contributed by atoms with Crippen LogP contribution in [0.4, 0.5) is 5.13 Å². The molecule has 2 heterocycles. The summed E-state index contributed by atoms with van der Waals surface area (Å²) in [5, 5.41) is 5.13. The summed E-state index contributed by atoms with van der Waals surface area (Å²) >= 11 is 7.62. The lowest BCUT2D eigenvalue weighted by atomic mass is 10.0. The molecule has 1 saturated heterocycles. The van der Waals surface area contributed by atoms with Crippen molar-refractivity contribution in [1.29, 1.82) is 0 Å². The standard InChI is InChI=1S/C13H15ClN2OS/c1-8-9(4-5-17-8)7-15-13-16-11-3-2-10(14)6-12(11)18-13/h2-3,6,8-9H,4-5,7H2,1H3,(H,15,16). The molecule has 1 fully saturated rings. The van der Waals surface area contributed by atoms with Crippen LogP contribution in [-0.2, 0) is 4.74 Å². The van der Waals surface area contributed by atoms with Crippen LogP contribution in [0.3, 0.4) is 0 Å². The van der Waals surface area contributed by atoms with E-state index in [1.807, 2.05) is 18.2 Å². The molecule has 0 aliphatic carbocycles. The van der Waals surface area contributed by atoms with Crippen LogP contribution in [0.2, 0.25) is 5.02 Å². The van der Waals surface area contributed by atoms with Crippen molar-refractivity contribution >= 4 is 38.3 Å². The zero-order valence-corrected chi connectivity index (χ0v) is 11.7. The third-order valence-electron chi connectivity index (χ3n) is 3.40. The van der Waals surface area contributed by atoms with Crippen LogP contribution in [0.15, 0.2) is 18.2 Å². The van der Waals surface area contributed by atoms with Gasteiger partial charge in [-0.1, -0.05) is 22.9 Å². The predicted molar refractivity (Wildman–Crippen MR) is 76.6 cm³/mol. The summed E-state index contributed by atoms with van der Waals surface area (Å²) in [6.45, 7) is 3.94. The van der Waals surface area contributed by atoms with Crippen molar-refractivity contribution in [1.82, 2.24) is 4.98 Å². The molecule has 0 bridgehead atoms. The van der Waals surface area contributed by atoms with Gasteiger partial charge in [0.25, 0.3) is 0 Å². The SMILES string of the molecule is CC1OCCC1CNc1nc2ccc(Cl)cc2s1. The van der Waals surface area contributed by atoms with Crippen molar-refractivity contribution in [2.75, 3.05) is 18.5 Å². The summed E-state index contributed by atoms with van der Waals surface area (Å²) in [5.41, 5.74) is 1.00. The molecule has 0 amide bonds. The molecule has 96 valence electrons. The minimum atomic E-state index is 0.348. The van der Waals surface area contributed by atoms with Gasteiger partial charge in [-0.15, -0.1) is 0 Å². The molecular weight excluding hydrogens is 268 g/mol. The number of halogens is 1. The van der Waals surface area contributed by atoms with Gasteiger partial charge in [0.1, 0.15) is 0 Å². The van der Waals surface area contributed by atoms with E-state index < -0.39 is 0 Å². The second-order valence-electron chi connectivity index (χ2n) is 4.64. The Morgan fingerprint density at radius 2 is 2.44 bits per heavy atom. The number of ether oxygens (including phenoxy) is 1. The topological polar surface area (TPSA) is 34.1 Å². The minimum Gasteiger partial charge on any atom is -0.378 e. The molecule has 3 rings (SSSR count). The lowest BCUT2D eigenvalue weighted by molar-refractivity contribution is 0.108. The Morgan fingerprint density at radius 1 is 1.56 bits per heavy atom. The number of hydrogen-bond donors (Lipinski definition) is 1. The first-order chi connectivity index (χ1) is 8.72. The largest absolute Gasteiger partial charge is 0.378 e. The molecule has 0 saturated carbocycles. The molecule has 5 heteroatoms.